The van der Waals surface area contributed by atoms with Crippen molar-refractivity contribution in [3.63, 3.8) is 0 Å². The molecule has 3 aromatic rings. The van der Waals surface area contributed by atoms with Crippen molar-refractivity contribution in [3.8, 4) is 0 Å². The number of hydrogen-bond acceptors (Lipinski definition) is 4. The van der Waals surface area contributed by atoms with Gasteiger partial charge in [-0.25, -0.2) is 0 Å². The molecule has 3 aromatic carbocycles. The molecule has 0 unspecified atom stereocenters. The van der Waals surface area contributed by atoms with Gasteiger partial charge in [-0.2, -0.15) is 0 Å². The Morgan fingerprint density at radius 2 is 1.66 bits per heavy atom. The number of nitrogens with one attached hydrogen (secondary N) is 1. The Kier molecular flexibility index (Phi) is 6.71. The first-order valence-corrected chi connectivity index (χ1v) is 9.26. The molecule has 1 amide bonds. The van der Waals surface area contributed by atoms with Crippen molar-refractivity contribution in [3.05, 3.63) is 111 Å². The van der Waals surface area contributed by atoms with Gasteiger partial charge in [0, 0.05) is 23.7 Å². The molecule has 0 aliphatic rings. The van der Waals surface area contributed by atoms with Crippen molar-refractivity contribution in [2.45, 2.75) is 26.7 Å². The fourth-order valence-corrected chi connectivity index (χ4v) is 3.00. The average Bonchev–Trinajstić information content (AvgIpc) is 2.73. The van der Waals surface area contributed by atoms with Crippen LogP contribution in [0.4, 0.5) is 5.69 Å². The van der Waals surface area contributed by atoms with Crippen molar-refractivity contribution < 1.29 is 14.5 Å². The molecule has 6 nitrogen and oxygen atoms in total. The third-order valence-electron chi connectivity index (χ3n) is 4.58. The molecule has 0 heterocycles. The second-order valence-corrected chi connectivity index (χ2v) is 6.69. The maximum Gasteiger partial charge on any atom is 0.272 e. The van der Waals surface area contributed by atoms with Gasteiger partial charge in [-0.3, -0.25) is 14.9 Å². The number of nitro groups is 1. The Bertz CT molecular complexity index is 1000. The molecule has 1 N–H and O–H groups in total. The summed E-state index contributed by atoms with van der Waals surface area (Å²) < 4.78 is 5.81. The van der Waals surface area contributed by atoms with Crippen LogP contribution in [0.25, 0.3) is 0 Å². The number of hydrogen-bond donors (Lipinski definition) is 1. The van der Waals surface area contributed by atoms with E-state index in [1.807, 2.05) is 54.6 Å². The molecule has 3 rings (SSSR count). The normalized spacial score (nSPS) is 10.5. The van der Waals surface area contributed by atoms with Crippen LogP contribution in [0.15, 0.2) is 72.8 Å². The van der Waals surface area contributed by atoms with E-state index >= 15 is 0 Å². The van der Waals surface area contributed by atoms with Crippen molar-refractivity contribution in [1.29, 1.82) is 0 Å². The van der Waals surface area contributed by atoms with Gasteiger partial charge in [0.05, 0.1) is 18.1 Å². The predicted molar refractivity (Wildman–Crippen MR) is 110 cm³/mol. The number of rotatable bonds is 8. The van der Waals surface area contributed by atoms with Crippen LogP contribution in [0, 0.1) is 17.0 Å². The molecule has 0 saturated carbocycles. The quantitative estimate of drug-likeness (QED) is 0.452. The summed E-state index contributed by atoms with van der Waals surface area (Å²) in [6.45, 7) is 2.93. The van der Waals surface area contributed by atoms with Gasteiger partial charge in [-0.1, -0.05) is 54.6 Å². The molecule has 148 valence electrons. The summed E-state index contributed by atoms with van der Waals surface area (Å²) >= 11 is 0. The highest BCUT2D eigenvalue weighted by atomic mass is 16.6. The SMILES string of the molecule is Cc1cc(C(=O)NCc2ccccc2COCc2ccccc2)ccc1[N+](=O)[O-]. The van der Waals surface area contributed by atoms with Gasteiger partial charge in [-0.15, -0.1) is 0 Å². The zero-order valence-electron chi connectivity index (χ0n) is 16.1. The smallest absolute Gasteiger partial charge is 0.272 e. The monoisotopic (exact) mass is 390 g/mol. The van der Waals surface area contributed by atoms with E-state index in [1.165, 1.54) is 18.2 Å². The predicted octanol–water partition coefficient (Wildman–Crippen LogP) is 4.55. The second kappa shape index (κ2) is 9.61. The van der Waals surface area contributed by atoms with Crippen molar-refractivity contribution in [2.24, 2.45) is 0 Å². The molecule has 0 aliphatic carbocycles. The van der Waals surface area contributed by atoms with Gasteiger partial charge in [0.2, 0.25) is 0 Å². The first kappa shape index (κ1) is 20.2. The average molecular weight is 390 g/mol. The van der Waals surface area contributed by atoms with Crippen LogP contribution in [0.1, 0.15) is 32.6 Å². The summed E-state index contributed by atoms with van der Waals surface area (Å²) in [4.78, 5) is 22.9. The van der Waals surface area contributed by atoms with E-state index in [2.05, 4.69) is 5.32 Å². The highest BCUT2D eigenvalue weighted by molar-refractivity contribution is 5.94. The Morgan fingerprint density at radius 3 is 2.34 bits per heavy atom. The van der Waals surface area contributed by atoms with Gasteiger partial charge in [0.25, 0.3) is 11.6 Å². The van der Waals surface area contributed by atoms with E-state index < -0.39 is 4.92 Å². The summed E-state index contributed by atoms with van der Waals surface area (Å²) in [5.41, 5.74) is 3.92. The van der Waals surface area contributed by atoms with Crippen LogP contribution >= 0.6 is 0 Å². The number of aryl methyl sites for hydroxylation is 1. The zero-order chi connectivity index (χ0) is 20.6. The molecule has 0 aliphatic heterocycles. The number of amides is 1. The van der Waals surface area contributed by atoms with Gasteiger partial charge in [0.15, 0.2) is 0 Å². The highest BCUT2D eigenvalue weighted by Crippen LogP contribution is 2.19. The fourth-order valence-electron chi connectivity index (χ4n) is 3.00. The molecule has 29 heavy (non-hydrogen) atoms. The van der Waals surface area contributed by atoms with Crippen LogP contribution < -0.4 is 5.32 Å². The third kappa shape index (κ3) is 5.49. The Hall–Kier alpha value is -3.51. The van der Waals surface area contributed by atoms with Gasteiger partial charge >= 0.3 is 0 Å². The molecule has 0 fully saturated rings. The van der Waals surface area contributed by atoms with Gasteiger partial charge in [-0.05, 0) is 35.7 Å². The van der Waals surface area contributed by atoms with Crippen LogP contribution in [0.5, 0.6) is 0 Å². The lowest BCUT2D eigenvalue weighted by molar-refractivity contribution is -0.385. The summed E-state index contributed by atoms with van der Waals surface area (Å²) in [7, 11) is 0. The van der Waals surface area contributed by atoms with Crippen molar-refractivity contribution >= 4 is 11.6 Å². The Balaban J connectivity index is 1.60. The molecular formula is C23H22N2O4. The standard InChI is InChI=1S/C23H22N2O4/c1-17-13-19(11-12-22(17)25(27)28)23(26)24-14-20-9-5-6-10-21(20)16-29-15-18-7-3-2-4-8-18/h2-13H,14-16H2,1H3,(H,24,26). The minimum absolute atomic E-state index is 0.00228. The first-order valence-electron chi connectivity index (χ1n) is 9.26. The Labute approximate surface area is 169 Å². The second-order valence-electron chi connectivity index (χ2n) is 6.69. The summed E-state index contributed by atoms with van der Waals surface area (Å²) in [5, 5.41) is 13.8. The number of ether oxygens (including phenoxy) is 1. The number of benzene rings is 3. The summed E-state index contributed by atoms with van der Waals surface area (Å²) in [6, 6.07) is 22.1. The van der Waals surface area contributed by atoms with E-state index in [-0.39, 0.29) is 11.6 Å². The molecule has 0 aromatic heterocycles. The van der Waals surface area contributed by atoms with Crippen LogP contribution in [-0.2, 0) is 24.5 Å². The topological polar surface area (TPSA) is 81.5 Å². The van der Waals surface area contributed by atoms with E-state index in [0.717, 1.165) is 16.7 Å². The van der Waals surface area contributed by atoms with Crippen LogP contribution in [0.3, 0.4) is 0 Å². The largest absolute Gasteiger partial charge is 0.372 e. The summed E-state index contributed by atoms with van der Waals surface area (Å²) in [5.74, 6) is -0.275. The molecular weight excluding hydrogens is 368 g/mol. The molecule has 6 heteroatoms. The number of nitro benzene ring substituents is 1. The van der Waals surface area contributed by atoms with E-state index in [4.69, 9.17) is 4.74 Å². The lowest BCUT2D eigenvalue weighted by atomic mass is 10.1. The zero-order valence-corrected chi connectivity index (χ0v) is 16.1. The highest BCUT2D eigenvalue weighted by Gasteiger charge is 2.14. The fraction of sp³-hybridized carbons (Fsp3) is 0.174. The molecule has 0 spiro atoms. The van der Waals surface area contributed by atoms with Crippen LogP contribution in [-0.4, -0.2) is 10.8 Å². The molecule has 0 saturated heterocycles. The minimum Gasteiger partial charge on any atom is -0.372 e. The lowest BCUT2D eigenvalue weighted by Crippen LogP contribution is -2.23. The summed E-state index contributed by atoms with van der Waals surface area (Å²) in [6.07, 6.45) is 0. The van der Waals surface area contributed by atoms with E-state index in [1.54, 1.807) is 6.92 Å². The molecule has 0 atom stereocenters. The maximum atomic E-state index is 12.4. The number of carbonyl (C=O) groups is 1. The Morgan fingerprint density at radius 1 is 0.966 bits per heavy atom. The molecule has 0 radical (unpaired) electrons. The number of carbonyl (C=O) groups excluding carboxylic acids is 1. The lowest BCUT2D eigenvalue weighted by Gasteiger charge is -2.12. The van der Waals surface area contributed by atoms with Gasteiger partial charge < -0.3 is 10.1 Å². The third-order valence-corrected chi connectivity index (χ3v) is 4.58. The minimum atomic E-state index is -0.456. The van der Waals surface area contributed by atoms with Gasteiger partial charge in [0.1, 0.15) is 0 Å². The van der Waals surface area contributed by atoms with Crippen molar-refractivity contribution in [1.82, 2.24) is 5.32 Å². The van der Waals surface area contributed by atoms with E-state index in [0.29, 0.717) is 30.9 Å². The maximum absolute atomic E-state index is 12.4. The van der Waals surface area contributed by atoms with Crippen molar-refractivity contribution in [2.75, 3.05) is 0 Å². The molecule has 0 bridgehead atoms. The first-order chi connectivity index (χ1) is 14.0. The van der Waals surface area contributed by atoms with Crippen LogP contribution in [0.2, 0.25) is 0 Å². The van der Waals surface area contributed by atoms with E-state index in [9.17, 15) is 14.9 Å². The number of nitrogens with zero attached hydrogens (tertiary/aromatic N) is 1.